The summed E-state index contributed by atoms with van der Waals surface area (Å²) in [6.07, 6.45) is 0.828. The molecule has 0 N–H and O–H groups in total. The van der Waals surface area contributed by atoms with Crippen LogP contribution in [-0.4, -0.2) is 6.61 Å². The predicted octanol–water partition coefficient (Wildman–Crippen LogP) is 5.64. The Morgan fingerprint density at radius 1 is 1.19 bits per heavy atom. The zero-order valence-corrected chi connectivity index (χ0v) is 14.5. The summed E-state index contributed by atoms with van der Waals surface area (Å²) < 4.78 is 6.82. The number of hydrogen-bond donors (Lipinski definition) is 0. The minimum absolute atomic E-state index is 0.0205. The third-order valence-electron chi connectivity index (χ3n) is 4.01. The van der Waals surface area contributed by atoms with Crippen molar-refractivity contribution in [2.24, 2.45) is 0 Å². The molecule has 0 aliphatic carbocycles. The molecule has 1 atom stereocenters. The van der Waals surface area contributed by atoms with Crippen molar-refractivity contribution in [3.63, 3.8) is 0 Å². The Morgan fingerprint density at radius 2 is 1.90 bits per heavy atom. The van der Waals surface area contributed by atoms with Crippen molar-refractivity contribution in [3.8, 4) is 5.75 Å². The lowest BCUT2D eigenvalue weighted by Gasteiger charge is -2.17. The van der Waals surface area contributed by atoms with Gasteiger partial charge in [-0.3, -0.25) is 0 Å². The minimum atomic E-state index is -0.0205. The van der Waals surface area contributed by atoms with Gasteiger partial charge in [0.25, 0.3) is 0 Å². The summed E-state index contributed by atoms with van der Waals surface area (Å²) in [6.45, 7) is 5.16. The smallest absolute Gasteiger partial charge is 0.123 e. The van der Waals surface area contributed by atoms with Crippen LogP contribution < -0.4 is 4.74 Å². The molecule has 0 radical (unpaired) electrons. The van der Waals surface area contributed by atoms with E-state index in [0.717, 1.165) is 28.8 Å². The third-order valence-corrected chi connectivity index (χ3v) is 4.95. The molecular formula is C18H18BrClO. The van der Waals surface area contributed by atoms with Crippen LogP contribution in [0.4, 0.5) is 0 Å². The lowest BCUT2D eigenvalue weighted by atomic mass is 9.85. The molecule has 110 valence electrons. The standard InChI is InChI=1S/C18H18BrClO/c1-18(2)11-21-17-8-5-13(10-15(17)18)16(20)9-12-3-6-14(19)7-4-12/h3-8,10,16H,9,11H2,1-2H3. The van der Waals surface area contributed by atoms with Gasteiger partial charge < -0.3 is 4.74 Å². The Hall–Kier alpha value is -0.990. The third kappa shape index (κ3) is 3.12. The molecule has 21 heavy (non-hydrogen) atoms. The van der Waals surface area contributed by atoms with Gasteiger partial charge in [0.05, 0.1) is 12.0 Å². The second kappa shape index (κ2) is 5.66. The quantitative estimate of drug-likeness (QED) is 0.639. The molecule has 1 nitrogen and oxygen atoms in total. The second-order valence-corrected chi connectivity index (χ2v) is 7.67. The van der Waals surface area contributed by atoms with E-state index < -0.39 is 0 Å². The van der Waals surface area contributed by atoms with Crippen molar-refractivity contribution in [1.29, 1.82) is 0 Å². The molecule has 1 aliphatic rings. The van der Waals surface area contributed by atoms with E-state index in [4.69, 9.17) is 16.3 Å². The molecule has 0 amide bonds. The minimum Gasteiger partial charge on any atom is -0.492 e. The lowest BCUT2D eigenvalue weighted by molar-refractivity contribution is 0.291. The second-order valence-electron chi connectivity index (χ2n) is 6.23. The van der Waals surface area contributed by atoms with Gasteiger partial charge in [-0.1, -0.05) is 48.0 Å². The van der Waals surface area contributed by atoms with Gasteiger partial charge in [-0.25, -0.2) is 0 Å². The van der Waals surface area contributed by atoms with E-state index in [1.807, 2.05) is 0 Å². The summed E-state index contributed by atoms with van der Waals surface area (Å²) in [5.41, 5.74) is 3.74. The monoisotopic (exact) mass is 364 g/mol. The van der Waals surface area contributed by atoms with Crippen LogP contribution in [0, 0.1) is 0 Å². The van der Waals surface area contributed by atoms with Gasteiger partial charge in [-0.05, 0) is 41.8 Å². The zero-order valence-electron chi connectivity index (χ0n) is 12.2. The highest BCUT2D eigenvalue weighted by Crippen LogP contribution is 2.40. The van der Waals surface area contributed by atoms with E-state index >= 15 is 0 Å². The molecule has 1 heterocycles. The summed E-state index contributed by atoms with van der Waals surface area (Å²) in [5.74, 6) is 0.997. The maximum Gasteiger partial charge on any atom is 0.123 e. The highest BCUT2D eigenvalue weighted by Gasteiger charge is 2.32. The fourth-order valence-corrected chi connectivity index (χ4v) is 3.26. The predicted molar refractivity (Wildman–Crippen MR) is 91.4 cm³/mol. The summed E-state index contributed by atoms with van der Waals surface area (Å²) in [5, 5.41) is -0.0205. The molecule has 0 saturated heterocycles. The summed E-state index contributed by atoms with van der Waals surface area (Å²) in [6, 6.07) is 14.7. The Morgan fingerprint density at radius 3 is 2.62 bits per heavy atom. The number of hydrogen-bond acceptors (Lipinski definition) is 1. The summed E-state index contributed by atoms with van der Waals surface area (Å²) in [4.78, 5) is 0. The number of rotatable bonds is 3. The van der Waals surface area contributed by atoms with Crippen LogP contribution in [0.5, 0.6) is 5.75 Å². The average molecular weight is 366 g/mol. The number of benzene rings is 2. The number of halogens is 2. The number of alkyl halides is 1. The summed E-state index contributed by atoms with van der Waals surface area (Å²) >= 11 is 10.1. The fraction of sp³-hybridized carbons (Fsp3) is 0.333. The van der Waals surface area contributed by atoms with Gasteiger partial charge in [-0.2, -0.15) is 0 Å². The zero-order chi connectivity index (χ0) is 15.0. The van der Waals surface area contributed by atoms with E-state index in [0.29, 0.717) is 0 Å². The Labute approximate surface area is 139 Å². The van der Waals surface area contributed by atoms with E-state index in [-0.39, 0.29) is 10.8 Å². The van der Waals surface area contributed by atoms with Crippen molar-refractivity contribution in [2.45, 2.75) is 31.1 Å². The Balaban J connectivity index is 1.82. The van der Waals surface area contributed by atoms with Gasteiger partial charge in [-0.15, -0.1) is 11.6 Å². The molecule has 3 heteroatoms. The molecule has 0 spiro atoms. The van der Waals surface area contributed by atoms with Gasteiger partial charge >= 0.3 is 0 Å². The normalized spacial score (nSPS) is 17.1. The molecule has 0 bridgehead atoms. The molecule has 0 saturated carbocycles. The lowest BCUT2D eigenvalue weighted by Crippen LogP contribution is -2.18. The highest BCUT2D eigenvalue weighted by atomic mass is 79.9. The summed E-state index contributed by atoms with van der Waals surface area (Å²) in [7, 11) is 0. The van der Waals surface area contributed by atoms with Crippen molar-refractivity contribution in [3.05, 3.63) is 63.6 Å². The number of ether oxygens (including phenoxy) is 1. The SMILES string of the molecule is CC1(C)COc2ccc(C(Cl)Cc3ccc(Br)cc3)cc21. The Kier molecular flexibility index (Phi) is 4.02. The average Bonchev–Trinajstić information content (AvgIpc) is 2.77. The first-order chi connectivity index (χ1) is 9.95. The van der Waals surface area contributed by atoms with Crippen LogP contribution in [-0.2, 0) is 11.8 Å². The van der Waals surface area contributed by atoms with E-state index in [9.17, 15) is 0 Å². The van der Waals surface area contributed by atoms with Crippen LogP contribution in [0.1, 0.15) is 35.9 Å². The van der Waals surface area contributed by atoms with E-state index in [1.54, 1.807) is 0 Å². The van der Waals surface area contributed by atoms with Crippen molar-refractivity contribution in [1.82, 2.24) is 0 Å². The molecular weight excluding hydrogens is 348 g/mol. The molecule has 0 aromatic heterocycles. The van der Waals surface area contributed by atoms with Crippen molar-refractivity contribution < 1.29 is 4.74 Å². The van der Waals surface area contributed by atoms with E-state index in [2.05, 4.69) is 72.2 Å². The van der Waals surface area contributed by atoms with Gasteiger partial charge in [0.2, 0.25) is 0 Å². The van der Waals surface area contributed by atoms with Gasteiger partial charge in [0, 0.05) is 15.5 Å². The molecule has 3 rings (SSSR count). The molecule has 1 aliphatic heterocycles. The van der Waals surface area contributed by atoms with Crippen molar-refractivity contribution in [2.75, 3.05) is 6.61 Å². The fourth-order valence-electron chi connectivity index (χ4n) is 2.68. The van der Waals surface area contributed by atoms with E-state index in [1.165, 1.54) is 11.1 Å². The molecule has 1 unspecified atom stereocenters. The first-order valence-electron chi connectivity index (χ1n) is 7.11. The van der Waals surface area contributed by atoms with Gasteiger partial charge in [0.1, 0.15) is 5.75 Å². The first kappa shape index (κ1) is 14.9. The van der Waals surface area contributed by atoms with Crippen LogP contribution >= 0.6 is 27.5 Å². The number of fused-ring (bicyclic) bond motifs is 1. The van der Waals surface area contributed by atoms with Crippen LogP contribution in [0.2, 0.25) is 0 Å². The Bertz CT molecular complexity index is 649. The van der Waals surface area contributed by atoms with Crippen LogP contribution in [0.3, 0.4) is 0 Å². The van der Waals surface area contributed by atoms with Crippen LogP contribution in [0.25, 0.3) is 0 Å². The molecule has 2 aromatic carbocycles. The topological polar surface area (TPSA) is 9.23 Å². The highest BCUT2D eigenvalue weighted by molar-refractivity contribution is 9.10. The van der Waals surface area contributed by atoms with Crippen molar-refractivity contribution >= 4 is 27.5 Å². The first-order valence-corrected chi connectivity index (χ1v) is 8.34. The molecule has 2 aromatic rings. The maximum absolute atomic E-state index is 6.62. The van der Waals surface area contributed by atoms with Gasteiger partial charge in [0.15, 0.2) is 0 Å². The van der Waals surface area contributed by atoms with Crippen LogP contribution in [0.15, 0.2) is 46.9 Å². The molecule has 0 fully saturated rings. The maximum atomic E-state index is 6.62. The largest absolute Gasteiger partial charge is 0.492 e.